The average Bonchev–Trinajstić information content (AvgIpc) is 2.66. The number of hydrogen-bond donors (Lipinski definition) is 1. The molecule has 0 atom stereocenters. The minimum absolute atomic E-state index is 0.224. The van der Waals surface area contributed by atoms with Gasteiger partial charge in [0.2, 0.25) is 0 Å². The first kappa shape index (κ1) is 16.1. The summed E-state index contributed by atoms with van der Waals surface area (Å²) in [7, 11) is 0. The Labute approximate surface area is 143 Å². The fourth-order valence-electron chi connectivity index (χ4n) is 2.64. The molecule has 0 aliphatic heterocycles. The lowest BCUT2D eigenvalue weighted by molar-refractivity contribution is 0.288. The van der Waals surface area contributed by atoms with Gasteiger partial charge in [0.25, 0.3) is 0 Å². The molecule has 0 saturated carbocycles. The van der Waals surface area contributed by atoms with Crippen LogP contribution in [0.4, 0.5) is 0 Å². The minimum atomic E-state index is 0.224. The van der Waals surface area contributed by atoms with Gasteiger partial charge in [0.1, 0.15) is 0 Å². The van der Waals surface area contributed by atoms with E-state index in [4.69, 9.17) is 5.11 Å². The SMILES string of the molecule is OCCCc1cccc(C#Cc2cccc(-c3ccccc3)c2)c1. The Kier molecular flexibility index (Phi) is 5.45. The first-order valence-electron chi connectivity index (χ1n) is 8.22. The van der Waals surface area contributed by atoms with Crippen LogP contribution in [0.2, 0.25) is 0 Å². The molecule has 0 heterocycles. The van der Waals surface area contributed by atoms with Crippen molar-refractivity contribution in [2.24, 2.45) is 0 Å². The van der Waals surface area contributed by atoms with E-state index in [-0.39, 0.29) is 6.61 Å². The van der Waals surface area contributed by atoms with Gasteiger partial charge in [0, 0.05) is 17.7 Å². The molecule has 3 aromatic carbocycles. The Bertz CT molecular complexity index is 854. The molecule has 3 rings (SSSR count). The van der Waals surface area contributed by atoms with Crippen LogP contribution in [0.25, 0.3) is 11.1 Å². The van der Waals surface area contributed by atoms with E-state index in [0.29, 0.717) is 0 Å². The van der Waals surface area contributed by atoms with Crippen LogP contribution in [0.15, 0.2) is 78.9 Å². The third-order valence-corrected chi connectivity index (χ3v) is 3.87. The highest BCUT2D eigenvalue weighted by Gasteiger charge is 1.97. The van der Waals surface area contributed by atoms with Crippen molar-refractivity contribution in [2.45, 2.75) is 12.8 Å². The van der Waals surface area contributed by atoms with Crippen molar-refractivity contribution in [3.63, 3.8) is 0 Å². The number of rotatable bonds is 4. The first-order valence-corrected chi connectivity index (χ1v) is 8.22. The summed E-state index contributed by atoms with van der Waals surface area (Å²) in [5, 5.41) is 8.94. The molecule has 0 spiro atoms. The van der Waals surface area contributed by atoms with Gasteiger partial charge in [-0.3, -0.25) is 0 Å². The van der Waals surface area contributed by atoms with Crippen LogP contribution in [-0.2, 0) is 6.42 Å². The maximum atomic E-state index is 8.94. The molecule has 24 heavy (non-hydrogen) atoms. The van der Waals surface area contributed by atoms with Crippen molar-refractivity contribution in [1.82, 2.24) is 0 Å². The Balaban J connectivity index is 1.81. The van der Waals surface area contributed by atoms with E-state index < -0.39 is 0 Å². The van der Waals surface area contributed by atoms with Crippen molar-refractivity contribution < 1.29 is 5.11 Å². The highest BCUT2D eigenvalue weighted by molar-refractivity contribution is 5.65. The number of aliphatic hydroxyl groups is 1. The molecule has 0 unspecified atom stereocenters. The van der Waals surface area contributed by atoms with E-state index >= 15 is 0 Å². The molecule has 118 valence electrons. The summed E-state index contributed by atoms with van der Waals surface area (Å²) < 4.78 is 0. The lowest BCUT2D eigenvalue weighted by Gasteiger charge is -2.02. The van der Waals surface area contributed by atoms with E-state index in [1.165, 1.54) is 16.7 Å². The van der Waals surface area contributed by atoms with Gasteiger partial charge in [-0.1, -0.05) is 66.4 Å². The number of aliphatic hydroxyl groups excluding tert-OH is 1. The number of hydrogen-bond acceptors (Lipinski definition) is 1. The molecule has 0 radical (unpaired) electrons. The largest absolute Gasteiger partial charge is 0.396 e. The first-order chi connectivity index (χ1) is 11.8. The summed E-state index contributed by atoms with van der Waals surface area (Å²) in [6, 6.07) is 26.9. The second-order valence-corrected chi connectivity index (χ2v) is 5.72. The zero-order chi connectivity index (χ0) is 16.6. The number of benzene rings is 3. The molecule has 3 aromatic rings. The van der Waals surface area contributed by atoms with Gasteiger partial charge in [-0.25, -0.2) is 0 Å². The molecule has 0 fully saturated rings. The summed E-state index contributed by atoms with van der Waals surface area (Å²) in [6.07, 6.45) is 1.67. The third-order valence-electron chi connectivity index (χ3n) is 3.87. The predicted octanol–water partition coefficient (Wildman–Crippen LogP) is 4.68. The second-order valence-electron chi connectivity index (χ2n) is 5.72. The molecule has 1 heteroatoms. The van der Waals surface area contributed by atoms with E-state index in [0.717, 1.165) is 24.0 Å². The number of aryl methyl sites for hydroxylation is 1. The van der Waals surface area contributed by atoms with Crippen LogP contribution in [0, 0.1) is 11.8 Å². The molecular weight excluding hydrogens is 292 g/mol. The fourth-order valence-corrected chi connectivity index (χ4v) is 2.64. The minimum Gasteiger partial charge on any atom is -0.396 e. The van der Waals surface area contributed by atoms with Crippen molar-refractivity contribution >= 4 is 0 Å². The molecular formula is C23H20O. The molecule has 0 saturated heterocycles. The van der Waals surface area contributed by atoms with Crippen molar-refractivity contribution in [1.29, 1.82) is 0 Å². The maximum Gasteiger partial charge on any atom is 0.0434 e. The van der Waals surface area contributed by atoms with E-state index in [2.05, 4.69) is 48.2 Å². The van der Waals surface area contributed by atoms with Gasteiger partial charge >= 0.3 is 0 Å². The zero-order valence-corrected chi connectivity index (χ0v) is 13.6. The zero-order valence-electron chi connectivity index (χ0n) is 13.6. The van der Waals surface area contributed by atoms with Gasteiger partial charge < -0.3 is 5.11 Å². The topological polar surface area (TPSA) is 20.2 Å². The third kappa shape index (κ3) is 4.35. The van der Waals surface area contributed by atoms with E-state index in [9.17, 15) is 0 Å². The van der Waals surface area contributed by atoms with Gasteiger partial charge in [-0.2, -0.15) is 0 Å². The summed E-state index contributed by atoms with van der Waals surface area (Å²) >= 11 is 0. The summed E-state index contributed by atoms with van der Waals surface area (Å²) in [5.41, 5.74) is 5.62. The Morgan fingerprint density at radius 3 is 2.08 bits per heavy atom. The van der Waals surface area contributed by atoms with Gasteiger partial charge in [-0.15, -0.1) is 0 Å². The molecule has 1 N–H and O–H groups in total. The van der Waals surface area contributed by atoms with Gasteiger partial charge in [-0.05, 0) is 53.8 Å². The highest BCUT2D eigenvalue weighted by Crippen LogP contribution is 2.19. The van der Waals surface area contributed by atoms with Gasteiger partial charge in [0.15, 0.2) is 0 Å². The van der Waals surface area contributed by atoms with Crippen LogP contribution in [0.1, 0.15) is 23.1 Å². The van der Waals surface area contributed by atoms with Crippen molar-refractivity contribution in [2.75, 3.05) is 6.61 Å². The Morgan fingerprint density at radius 1 is 0.667 bits per heavy atom. The van der Waals surface area contributed by atoms with E-state index in [1.54, 1.807) is 0 Å². The highest BCUT2D eigenvalue weighted by atomic mass is 16.2. The van der Waals surface area contributed by atoms with Crippen LogP contribution in [0.5, 0.6) is 0 Å². The fraction of sp³-hybridized carbons (Fsp3) is 0.130. The summed E-state index contributed by atoms with van der Waals surface area (Å²) in [4.78, 5) is 0. The summed E-state index contributed by atoms with van der Waals surface area (Å²) in [5.74, 6) is 6.50. The quantitative estimate of drug-likeness (QED) is 0.694. The molecule has 0 aromatic heterocycles. The normalized spacial score (nSPS) is 10.0. The van der Waals surface area contributed by atoms with Crippen LogP contribution in [0.3, 0.4) is 0 Å². The Morgan fingerprint density at radius 2 is 1.33 bits per heavy atom. The van der Waals surface area contributed by atoms with Crippen LogP contribution < -0.4 is 0 Å². The lowest BCUT2D eigenvalue weighted by Crippen LogP contribution is -1.89. The standard InChI is InChI=1S/C23H20O/c24-16-6-10-19-7-4-8-20(17-19)14-15-21-9-5-13-23(18-21)22-11-2-1-3-12-22/h1-5,7-9,11-13,17-18,24H,6,10,16H2. The van der Waals surface area contributed by atoms with Crippen LogP contribution in [-0.4, -0.2) is 11.7 Å². The molecule has 0 amide bonds. The van der Waals surface area contributed by atoms with Crippen molar-refractivity contribution in [3.8, 4) is 23.0 Å². The predicted molar refractivity (Wildman–Crippen MR) is 99.7 cm³/mol. The smallest absolute Gasteiger partial charge is 0.0434 e. The van der Waals surface area contributed by atoms with Gasteiger partial charge in [0.05, 0.1) is 0 Å². The van der Waals surface area contributed by atoms with Crippen LogP contribution >= 0.6 is 0 Å². The monoisotopic (exact) mass is 312 g/mol. The molecule has 0 aliphatic carbocycles. The second kappa shape index (κ2) is 8.15. The van der Waals surface area contributed by atoms with E-state index in [1.807, 2.05) is 42.5 Å². The average molecular weight is 312 g/mol. The molecule has 0 bridgehead atoms. The summed E-state index contributed by atoms with van der Waals surface area (Å²) in [6.45, 7) is 0.224. The van der Waals surface area contributed by atoms with Crippen molar-refractivity contribution in [3.05, 3.63) is 95.6 Å². The lowest BCUT2D eigenvalue weighted by atomic mass is 10.0. The Hall–Kier alpha value is -2.82. The maximum absolute atomic E-state index is 8.94. The molecule has 1 nitrogen and oxygen atoms in total. The molecule has 0 aliphatic rings.